The maximum absolute atomic E-state index is 6.41. The summed E-state index contributed by atoms with van der Waals surface area (Å²) >= 11 is 17.5. The van der Waals surface area contributed by atoms with Crippen molar-refractivity contribution in [3.8, 4) is 0 Å². The summed E-state index contributed by atoms with van der Waals surface area (Å²) in [6.07, 6.45) is 0. The van der Waals surface area contributed by atoms with Crippen molar-refractivity contribution in [3.05, 3.63) is 55.1 Å². The van der Waals surface area contributed by atoms with Crippen LogP contribution in [0.3, 0.4) is 0 Å². The molecule has 2 aromatic rings. The smallest absolute Gasteiger partial charge is 0.0942 e. The van der Waals surface area contributed by atoms with Crippen LogP contribution in [0.2, 0.25) is 5.02 Å². The standard InChI is InChI=1S/C12H9BrCl2S/c1-7-6-8(2-3-9(7)13)11(15)12-10(14)4-5-16-12/h2-6,11H,1H3. The molecule has 2 rings (SSSR count). The molecule has 0 nitrogen and oxygen atoms in total. The zero-order valence-corrected chi connectivity index (χ0v) is 12.4. The molecular formula is C12H9BrCl2S. The molecule has 1 atom stereocenters. The molecule has 1 heterocycles. The van der Waals surface area contributed by atoms with Gasteiger partial charge in [-0.25, -0.2) is 0 Å². The Morgan fingerprint density at radius 1 is 1.31 bits per heavy atom. The quantitative estimate of drug-likeness (QED) is 0.608. The third-order valence-electron chi connectivity index (χ3n) is 2.35. The summed E-state index contributed by atoms with van der Waals surface area (Å²) in [5.41, 5.74) is 2.25. The zero-order chi connectivity index (χ0) is 11.7. The van der Waals surface area contributed by atoms with Gasteiger partial charge in [0.1, 0.15) is 0 Å². The average Bonchev–Trinajstić information content (AvgIpc) is 2.67. The second kappa shape index (κ2) is 5.09. The molecule has 0 saturated carbocycles. The Labute approximate surface area is 117 Å². The molecular weight excluding hydrogens is 327 g/mol. The maximum atomic E-state index is 6.41. The second-order valence-electron chi connectivity index (χ2n) is 3.50. The Hall–Kier alpha value is -0.0200. The number of rotatable bonds is 2. The van der Waals surface area contributed by atoms with Crippen LogP contribution in [0.1, 0.15) is 21.4 Å². The van der Waals surface area contributed by atoms with E-state index >= 15 is 0 Å². The third-order valence-corrected chi connectivity index (χ3v) is 5.26. The normalized spacial score (nSPS) is 12.8. The van der Waals surface area contributed by atoms with E-state index in [2.05, 4.69) is 22.0 Å². The van der Waals surface area contributed by atoms with Gasteiger partial charge in [-0.15, -0.1) is 22.9 Å². The molecule has 0 fully saturated rings. The van der Waals surface area contributed by atoms with Crippen LogP contribution in [-0.2, 0) is 0 Å². The van der Waals surface area contributed by atoms with Crippen molar-refractivity contribution in [1.29, 1.82) is 0 Å². The van der Waals surface area contributed by atoms with Crippen molar-refractivity contribution < 1.29 is 0 Å². The fourth-order valence-electron chi connectivity index (χ4n) is 1.46. The minimum atomic E-state index is -0.167. The lowest BCUT2D eigenvalue weighted by molar-refractivity contribution is 1.17. The summed E-state index contributed by atoms with van der Waals surface area (Å²) in [5.74, 6) is 0. The van der Waals surface area contributed by atoms with Crippen molar-refractivity contribution in [2.75, 3.05) is 0 Å². The van der Waals surface area contributed by atoms with E-state index in [1.54, 1.807) is 11.3 Å². The number of halogens is 3. The van der Waals surface area contributed by atoms with Crippen molar-refractivity contribution in [3.63, 3.8) is 0 Å². The van der Waals surface area contributed by atoms with Crippen molar-refractivity contribution in [2.24, 2.45) is 0 Å². The largest absolute Gasteiger partial charge is 0.145 e. The van der Waals surface area contributed by atoms with Crippen molar-refractivity contribution in [1.82, 2.24) is 0 Å². The van der Waals surface area contributed by atoms with E-state index in [0.29, 0.717) is 0 Å². The first-order chi connectivity index (χ1) is 7.59. The second-order valence-corrected chi connectivity index (χ2v) is 6.15. The number of benzene rings is 1. The van der Waals surface area contributed by atoms with Gasteiger partial charge in [-0.05, 0) is 35.6 Å². The molecule has 0 amide bonds. The highest BCUT2D eigenvalue weighted by atomic mass is 79.9. The Morgan fingerprint density at radius 2 is 2.06 bits per heavy atom. The molecule has 84 valence electrons. The van der Waals surface area contributed by atoms with E-state index in [1.807, 2.05) is 30.5 Å². The molecule has 4 heteroatoms. The lowest BCUT2D eigenvalue weighted by atomic mass is 10.1. The van der Waals surface area contributed by atoms with Crippen LogP contribution < -0.4 is 0 Å². The van der Waals surface area contributed by atoms with Gasteiger partial charge in [0.15, 0.2) is 0 Å². The van der Waals surface area contributed by atoms with Crippen LogP contribution in [-0.4, -0.2) is 0 Å². The fourth-order valence-corrected chi connectivity index (χ4v) is 3.34. The summed E-state index contributed by atoms with van der Waals surface area (Å²) in [4.78, 5) is 1.00. The highest BCUT2D eigenvalue weighted by molar-refractivity contribution is 9.10. The van der Waals surface area contributed by atoms with E-state index in [9.17, 15) is 0 Å². The Kier molecular flexibility index (Phi) is 3.96. The summed E-state index contributed by atoms with van der Waals surface area (Å²) in [5, 5.41) is 2.53. The average molecular weight is 336 g/mol. The highest BCUT2D eigenvalue weighted by Crippen LogP contribution is 2.38. The fraction of sp³-hybridized carbons (Fsp3) is 0.167. The zero-order valence-electron chi connectivity index (χ0n) is 8.51. The number of aryl methyl sites for hydroxylation is 1. The van der Waals surface area contributed by atoms with E-state index in [1.165, 1.54) is 5.56 Å². The monoisotopic (exact) mass is 334 g/mol. The van der Waals surface area contributed by atoms with Crippen LogP contribution >= 0.6 is 50.5 Å². The van der Waals surface area contributed by atoms with Crippen LogP contribution in [0.25, 0.3) is 0 Å². The van der Waals surface area contributed by atoms with E-state index < -0.39 is 0 Å². The van der Waals surface area contributed by atoms with Gasteiger partial charge < -0.3 is 0 Å². The molecule has 1 aromatic heterocycles. The number of thiophene rings is 1. The minimum absolute atomic E-state index is 0.167. The maximum Gasteiger partial charge on any atom is 0.0942 e. The first kappa shape index (κ1) is 12.4. The van der Waals surface area contributed by atoms with Gasteiger partial charge in [0.25, 0.3) is 0 Å². The Morgan fingerprint density at radius 3 is 2.62 bits per heavy atom. The number of hydrogen-bond acceptors (Lipinski definition) is 1. The molecule has 0 aliphatic heterocycles. The molecule has 0 saturated heterocycles. The summed E-state index contributed by atoms with van der Waals surface area (Å²) in [6, 6.07) is 7.99. The predicted molar refractivity (Wildman–Crippen MR) is 75.9 cm³/mol. The topological polar surface area (TPSA) is 0 Å². The van der Waals surface area contributed by atoms with Crippen LogP contribution in [0, 0.1) is 6.92 Å². The van der Waals surface area contributed by atoms with Crippen molar-refractivity contribution >= 4 is 50.5 Å². The molecule has 1 aromatic carbocycles. The number of alkyl halides is 1. The van der Waals surface area contributed by atoms with Crippen molar-refractivity contribution in [2.45, 2.75) is 12.3 Å². The van der Waals surface area contributed by atoms with Crippen LogP contribution in [0.4, 0.5) is 0 Å². The highest BCUT2D eigenvalue weighted by Gasteiger charge is 2.15. The molecule has 0 N–H and O–H groups in total. The summed E-state index contributed by atoms with van der Waals surface area (Å²) in [7, 11) is 0. The van der Waals surface area contributed by atoms with Gasteiger partial charge in [-0.2, -0.15) is 0 Å². The lowest BCUT2D eigenvalue weighted by Crippen LogP contribution is -1.92. The van der Waals surface area contributed by atoms with E-state index in [0.717, 1.165) is 19.9 Å². The minimum Gasteiger partial charge on any atom is -0.145 e. The van der Waals surface area contributed by atoms with Gasteiger partial charge in [0.05, 0.1) is 10.4 Å². The van der Waals surface area contributed by atoms with Crippen LogP contribution in [0.5, 0.6) is 0 Å². The van der Waals surface area contributed by atoms with Gasteiger partial charge in [-0.3, -0.25) is 0 Å². The first-order valence-corrected chi connectivity index (χ1v) is 7.21. The molecule has 1 unspecified atom stereocenters. The SMILES string of the molecule is Cc1cc(C(Cl)c2sccc2Cl)ccc1Br. The van der Waals surface area contributed by atoms with Crippen LogP contribution in [0.15, 0.2) is 34.1 Å². The van der Waals surface area contributed by atoms with Gasteiger partial charge in [-0.1, -0.05) is 39.7 Å². The first-order valence-electron chi connectivity index (χ1n) is 4.72. The molecule has 0 spiro atoms. The third kappa shape index (κ3) is 2.45. The summed E-state index contributed by atoms with van der Waals surface area (Å²) in [6.45, 7) is 2.05. The molecule has 0 radical (unpaired) electrons. The molecule has 0 aliphatic carbocycles. The number of hydrogen-bond donors (Lipinski definition) is 0. The van der Waals surface area contributed by atoms with Gasteiger partial charge >= 0.3 is 0 Å². The van der Waals surface area contributed by atoms with Gasteiger partial charge in [0, 0.05) is 9.35 Å². The van der Waals surface area contributed by atoms with Gasteiger partial charge in [0.2, 0.25) is 0 Å². The lowest BCUT2D eigenvalue weighted by Gasteiger charge is -2.10. The molecule has 0 bridgehead atoms. The summed E-state index contributed by atoms with van der Waals surface area (Å²) < 4.78 is 1.09. The van der Waals surface area contributed by atoms with E-state index in [-0.39, 0.29) is 5.38 Å². The molecule has 16 heavy (non-hydrogen) atoms. The Bertz CT molecular complexity index is 507. The predicted octanol–water partition coefficient (Wildman–Crippen LogP) is 5.80. The van der Waals surface area contributed by atoms with E-state index in [4.69, 9.17) is 23.2 Å². The molecule has 0 aliphatic rings. The Balaban J connectivity index is 2.38.